The average molecular weight is 274 g/mol. The molecular formula is C17H26N2O. The highest BCUT2D eigenvalue weighted by molar-refractivity contribution is 5.93. The third-order valence-corrected chi connectivity index (χ3v) is 4.38. The Labute approximate surface area is 121 Å². The summed E-state index contributed by atoms with van der Waals surface area (Å²) in [6, 6.07) is 6.24. The molecular weight excluding hydrogens is 248 g/mol. The first kappa shape index (κ1) is 15.0. The van der Waals surface area contributed by atoms with Crippen LogP contribution in [0.25, 0.3) is 0 Å². The van der Waals surface area contributed by atoms with Crippen LogP contribution in [0.2, 0.25) is 0 Å². The minimum Gasteiger partial charge on any atom is -0.326 e. The molecule has 0 saturated heterocycles. The van der Waals surface area contributed by atoms with E-state index in [2.05, 4.69) is 37.4 Å². The van der Waals surface area contributed by atoms with Gasteiger partial charge in [0.2, 0.25) is 5.91 Å². The molecule has 20 heavy (non-hydrogen) atoms. The van der Waals surface area contributed by atoms with Gasteiger partial charge in [-0.3, -0.25) is 4.79 Å². The lowest BCUT2D eigenvalue weighted by Gasteiger charge is -2.23. The second kappa shape index (κ2) is 6.40. The van der Waals surface area contributed by atoms with E-state index in [-0.39, 0.29) is 11.4 Å². The molecule has 1 amide bonds. The monoisotopic (exact) mass is 274 g/mol. The fraction of sp³-hybridized carbons (Fsp3) is 0.588. The lowest BCUT2D eigenvalue weighted by atomic mass is 9.94. The molecule has 0 radical (unpaired) electrons. The number of hydrogen-bond donors (Lipinski definition) is 2. The summed E-state index contributed by atoms with van der Waals surface area (Å²) < 4.78 is 0. The highest BCUT2D eigenvalue weighted by atomic mass is 16.1. The molecule has 0 aliphatic heterocycles. The molecule has 1 aliphatic rings. The Morgan fingerprint density at radius 3 is 2.25 bits per heavy atom. The van der Waals surface area contributed by atoms with E-state index in [0.29, 0.717) is 6.42 Å². The first-order valence-corrected chi connectivity index (χ1v) is 7.77. The average Bonchev–Trinajstić information content (AvgIpc) is 2.85. The fourth-order valence-corrected chi connectivity index (χ4v) is 3.16. The third kappa shape index (κ3) is 3.40. The Morgan fingerprint density at radius 2 is 1.75 bits per heavy atom. The van der Waals surface area contributed by atoms with E-state index in [0.717, 1.165) is 44.2 Å². The smallest absolute Gasteiger partial charge is 0.226 e. The van der Waals surface area contributed by atoms with Crippen molar-refractivity contribution in [3.8, 4) is 0 Å². The minimum absolute atomic E-state index is 0.0602. The van der Waals surface area contributed by atoms with Gasteiger partial charge in [0.1, 0.15) is 0 Å². The van der Waals surface area contributed by atoms with Gasteiger partial charge in [-0.25, -0.2) is 0 Å². The topological polar surface area (TPSA) is 55.1 Å². The van der Waals surface area contributed by atoms with Gasteiger partial charge < -0.3 is 11.1 Å². The van der Waals surface area contributed by atoms with Crippen LogP contribution in [0.3, 0.4) is 0 Å². The molecule has 0 aromatic heterocycles. The molecule has 0 unspecified atom stereocenters. The van der Waals surface area contributed by atoms with Crippen LogP contribution in [0.5, 0.6) is 0 Å². The van der Waals surface area contributed by atoms with Crippen LogP contribution in [0.4, 0.5) is 5.69 Å². The summed E-state index contributed by atoms with van der Waals surface area (Å²) in [6.07, 6.45) is 6.53. The van der Waals surface area contributed by atoms with E-state index in [1.807, 2.05) is 0 Å². The van der Waals surface area contributed by atoms with Crippen molar-refractivity contribution < 1.29 is 4.79 Å². The molecule has 0 spiro atoms. The molecule has 2 rings (SSSR count). The van der Waals surface area contributed by atoms with E-state index in [1.165, 1.54) is 11.1 Å². The predicted octanol–water partition coefficient (Wildman–Crippen LogP) is 3.41. The minimum atomic E-state index is -0.280. The molecule has 3 nitrogen and oxygen atoms in total. The van der Waals surface area contributed by atoms with Gasteiger partial charge in [0.05, 0.1) is 0 Å². The van der Waals surface area contributed by atoms with Crippen LogP contribution in [0.15, 0.2) is 18.2 Å². The van der Waals surface area contributed by atoms with Gasteiger partial charge in [0, 0.05) is 17.6 Å². The van der Waals surface area contributed by atoms with Crippen molar-refractivity contribution in [1.29, 1.82) is 0 Å². The zero-order valence-corrected chi connectivity index (χ0v) is 12.7. The van der Waals surface area contributed by atoms with Crippen LogP contribution in [-0.4, -0.2) is 11.4 Å². The SMILES string of the molecule is CCc1cccc(CC)c1NC(=O)CC1(N)CCCC1. The number of benzene rings is 1. The molecule has 1 fully saturated rings. The first-order valence-electron chi connectivity index (χ1n) is 7.77. The molecule has 0 heterocycles. The number of nitrogens with two attached hydrogens (primary N) is 1. The number of para-hydroxylation sites is 1. The van der Waals surface area contributed by atoms with Gasteiger partial charge in [0.25, 0.3) is 0 Å². The number of rotatable bonds is 5. The number of anilines is 1. The van der Waals surface area contributed by atoms with E-state index in [4.69, 9.17) is 5.73 Å². The fourth-order valence-electron chi connectivity index (χ4n) is 3.16. The van der Waals surface area contributed by atoms with Crippen molar-refractivity contribution in [2.75, 3.05) is 5.32 Å². The molecule has 1 aromatic rings. The maximum Gasteiger partial charge on any atom is 0.226 e. The first-order chi connectivity index (χ1) is 9.58. The second-order valence-corrected chi connectivity index (χ2v) is 5.95. The molecule has 1 saturated carbocycles. The van der Waals surface area contributed by atoms with E-state index < -0.39 is 0 Å². The molecule has 3 heteroatoms. The van der Waals surface area contributed by atoms with Gasteiger partial charge in [-0.2, -0.15) is 0 Å². The number of hydrogen-bond acceptors (Lipinski definition) is 2. The van der Waals surface area contributed by atoms with Crippen molar-refractivity contribution in [1.82, 2.24) is 0 Å². The predicted molar refractivity (Wildman–Crippen MR) is 83.8 cm³/mol. The van der Waals surface area contributed by atoms with Crippen LogP contribution in [-0.2, 0) is 17.6 Å². The Morgan fingerprint density at radius 1 is 1.20 bits per heavy atom. The summed E-state index contributed by atoms with van der Waals surface area (Å²) in [5, 5.41) is 3.11. The Kier molecular flexibility index (Phi) is 4.81. The summed E-state index contributed by atoms with van der Waals surface area (Å²) in [6.45, 7) is 4.23. The number of carbonyl (C=O) groups is 1. The Hall–Kier alpha value is -1.35. The van der Waals surface area contributed by atoms with Crippen molar-refractivity contribution in [3.63, 3.8) is 0 Å². The summed E-state index contributed by atoms with van der Waals surface area (Å²) in [7, 11) is 0. The van der Waals surface area contributed by atoms with Gasteiger partial charge in [-0.05, 0) is 36.8 Å². The van der Waals surface area contributed by atoms with Crippen LogP contribution < -0.4 is 11.1 Å². The van der Waals surface area contributed by atoms with E-state index >= 15 is 0 Å². The molecule has 1 aliphatic carbocycles. The van der Waals surface area contributed by atoms with Crippen molar-refractivity contribution in [2.45, 2.75) is 64.3 Å². The number of aryl methyl sites for hydroxylation is 2. The van der Waals surface area contributed by atoms with Crippen molar-refractivity contribution >= 4 is 11.6 Å². The third-order valence-electron chi connectivity index (χ3n) is 4.38. The molecule has 0 bridgehead atoms. The summed E-state index contributed by atoms with van der Waals surface area (Å²) in [5.74, 6) is 0.0602. The van der Waals surface area contributed by atoms with Crippen LogP contribution in [0, 0.1) is 0 Å². The van der Waals surface area contributed by atoms with Crippen molar-refractivity contribution in [2.24, 2.45) is 5.73 Å². The molecule has 3 N–H and O–H groups in total. The van der Waals surface area contributed by atoms with Gasteiger partial charge in [-0.1, -0.05) is 44.9 Å². The van der Waals surface area contributed by atoms with Crippen LogP contribution in [0.1, 0.15) is 57.1 Å². The van der Waals surface area contributed by atoms with Gasteiger partial charge in [-0.15, -0.1) is 0 Å². The Bertz CT molecular complexity index is 454. The number of nitrogens with one attached hydrogen (secondary N) is 1. The quantitative estimate of drug-likeness (QED) is 0.864. The number of carbonyl (C=O) groups excluding carboxylic acids is 1. The summed E-state index contributed by atoms with van der Waals surface area (Å²) in [4.78, 5) is 12.3. The largest absolute Gasteiger partial charge is 0.326 e. The second-order valence-electron chi connectivity index (χ2n) is 5.95. The summed E-state index contributed by atoms with van der Waals surface area (Å²) in [5.41, 5.74) is 9.43. The highest BCUT2D eigenvalue weighted by Crippen LogP contribution is 2.31. The molecule has 110 valence electrons. The van der Waals surface area contributed by atoms with Gasteiger partial charge in [0.15, 0.2) is 0 Å². The maximum atomic E-state index is 12.3. The van der Waals surface area contributed by atoms with E-state index in [9.17, 15) is 4.79 Å². The van der Waals surface area contributed by atoms with Crippen LogP contribution >= 0.6 is 0 Å². The normalized spacial score (nSPS) is 17.1. The maximum absolute atomic E-state index is 12.3. The molecule has 1 aromatic carbocycles. The standard InChI is InChI=1S/C17H26N2O/c1-3-13-8-7-9-14(4-2)16(13)19-15(20)12-17(18)10-5-6-11-17/h7-9H,3-6,10-12,18H2,1-2H3,(H,19,20). The zero-order valence-electron chi connectivity index (χ0n) is 12.7. The lowest BCUT2D eigenvalue weighted by molar-refractivity contribution is -0.117. The Balaban J connectivity index is 2.11. The highest BCUT2D eigenvalue weighted by Gasteiger charge is 2.31. The lowest BCUT2D eigenvalue weighted by Crippen LogP contribution is -2.40. The molecule has 0 atom stereocenters. The van der Waals surface area contributed by atoms with E-state index in [1.54, 1.807) is 0 Å². The van der Waals surface area contributed by atoms with Crippen molar-refractivity contribution in [3.05, 3.63) is 29.3 Å². The number of amides is 1. The zero-order chi connectivity index (χ0) is 14.6. The van der Waals surface area contributed by atoms with Gasteiger partial charge >= 0.3 is 0 Å². The summed E-state index contributed by atoms with van der Waals surface area (Å²) >= 11 is 0.